The van der Waals surface area contributed by atoms with Gasteiger partial charge in [0.05, 0.1) is 77.1 Å². The van der Waals surface area contributed by atoms with Crippen LogP contribution in [0.1, 0.15) is 105 Å². The van der Waals surface area contributed by atoms with Crippen molar-refractivity contribution in [1.29, 1.82) is 0 Å². The van der Waals surface area contributed by atoms with Crippen LogP contribution in [0.4, 0.5) is 22.7 Å². The second-order valence-electron chi connectivity index (χ2n) is 16.8. The van der Waals surface area contributed by atoms with Crippen molar-refractivity contribution in [3.05, 3.63) is 47.5 Å². The van der Waals surface area contributed by atoms with Gasteiger partial charge in [-0.3, -0.25) is 0 Å². The fraction of sp³-hybridized carbons (Fsp3) is 0.692. The zero-order valence-electron chi connectivity index (χ0n) is 30.6. The molecule has 5 heteroatoms. The molecule has 0 aromatic heterocycles. The number of nitrogens with zero attached hydrogens (tertiary/aromatic N) is 4. The summed E-state index contributed by atoms with van der Waals surface area (Å²) >= 11 is 0. The largest absolute Gasteiger partial charge is 0.396 e. The van der Waals surface area contributed by atoms with Crippen molar-refractivity contribution in [2.24, 2.45) is 0 Å². The summed E-state index contributed by atoms with van der Waals surface area (Å²) < 4.78 is 2.09. The van der Waals surface area contributed by atoms with Gasteiger partial charge in [0.25, 0.3) is 0 Å². The lowest BCUT2D eigenvalue weighted by Crippen LogP contribution is -2.42. The molecule has 2 aromatic rings. The molecule has 0 saturated heterocycles. The molecule has 1 aliphatic rings. The summed E-state index contributed by atoms with van der Waals surface area (Å²) in [7, 11) is 9.39. The van der Waals surface area contributed by atoms with Crippen LogP contribution in [0.25, 0.3) is 0 Å². The quantitative estimate of drug-likeness (QED) is 0.152. The van der Waals surface area contributed by atoms with Gasteiger partial charge in [-0.15, -0.1) is 0 Å². The van der Waals surface area contributed by atoms with E-state index in [1.54, 1.807) is 0 Å². The lowest BCUT2D eigenvalue weighted by molar-refractivity contribution is -0.890. The Hall–Kier alpha value is -2.08. The van der Waals surface area contributed by atoms with Crippen molar-refractivity contribution < 1.29 is 14.1 Å². The lowest BCUT2D eigenvalue weighted by Gasteiger charge is -2.42. The molecule has 1 heterocycles. The zero-order chi connectivity index (χ0) is 32.8. The summed E-state index contributed by atoms with van der Waals surface area (Å²) in [6.07, 6.45) is 8.20. The molecule has 5 nitrogen and oxygen atoms in total. The van der Waals surface area contributed by atoms with Gasteiger partial charge in [0.2, 0.25) is 0 Å². The molecule has 3 rings (SSSR count). The van der Waals surface area contributed by atoms with Crippen LogP contribution in [0.3, 0.4) is 0 Å². The van der Waals surface area contributed by atoms with Gasteiger partial charge in [-0.1, -0.05) is 67.0 Å². The number of fused-ring (bicyclic) bond motifs is 2. The smallest absolute Gasteiger partial charge is 0.0804 e. The highest BCUT2D eigenvalue weighted by Crippen LogP contribution is 2.50. The van der Waals surface area contributed by atoms with Gasteiger partial charge in [-0.05, 0) is 78.3 Å². The van der Waals surface area contributed by atoms with E-state index >= 15 is 0 Å². The monoisotopic (exact) mass is 609 g/mol. The Bertz CT molecular complexity index is 1120. The third kappa shape index (κ3) is 9.96. The second kappa shape index (κ2) is 15.0. The summed E-state index contributed by atoms with van der Waals surface area (Å²) in [4.78, 5) is 5.27. The highest BCUT2D eigenvalue weighted by atomic mass is 16.3. The molecule has 1 N–H and O–H groups in total. The molecule has 0 aliphatic carbocycles. The number of rotatable bonds is 16. The zero-order valence-corrected chi connectivity index (χ0v) is 30.6. The van der Waals surface area contributed by atoms with Crippen molar-refractivity contribution in [2.45, 2.75) is 104 Å². The second-order valence-corrected chi connectivity index (χ2v) is 16.8. The maximum absolute atomic E-state index is 9.35. The molecule has 2 aromatic carbocycles. The van der Waals surface area contributed by atoms with Crippen molar-refractivity contribution in [1.82, 2.24) is 0 Å². The Kier molecular flexibility index (Phi) is 12.4. The first-order chi connectivity index (χ1) is 20.5. The van der Waals surface area contributed by atoms with Crippen LogP contribution in [-0.2, 0) is 10.8 Å². The van der Waals surface area contributed by atoms with Crippen LogP contribution in [0.15, 0.2) is 36.4 Å². The molecule has 0 bridgehead atoms. The number of anilines is 4. The van der Waals surface area contributed by atoms with E-state index in [1.807, 2.05) is 0 Å². The van der Waals surface area contributed by atoms with E-state index in [1.165, 1.54) is 79.1 Å². The third-order valence-corrected chi connectivity index (χ3v) is 9.67. The first-order valence-corrected chi connectivity index (χ1v) is 17.6. The lowest BCUT2D eigenvalue weighted by atomic mass is 9.85. The number of aliphatic hydroxyl groups excluding tert-OH is 1. The molecular formula is C39H68N4O+2. The van der Waals surface area contributed by atoms with Gasteiger partial charge in [0.1, 0.15) is 0 Å². The molecule has 0 radical (unpaired) electrons. The topological polar surface area (TPSA) is 26.7 Å². The summed E-state index contributed by atoms with van der Waals surface area (Å²) in [5.74, 6) is 0. The standard InChI is InChI=1S/C39H68N4O/c1-12-13-25-42(8,9)26-16-14-23-40-34-21-19-32(38(2,3)4)30-36(34)41(24-15-17-27-43(10,11)28-18-29-44)37-31-33(39(5,6)7)20-22-35(37)40/h19-22,30-31,44H,12-18,23-29H2,1-11H3/q+2. The minimum absolute atomic E-state index is 0.0925. The van der Waals surface area contributed by atoms with Crippen molar-refractivity contribution in [3.63, 3.8) is 0 Å². The summed E-state index contributed by atoms with van der Waals surface area (Å²) in [6, 6.07) is 14.5. The molecule has 0 spiro atoms. The Morgan fingerprint density at radius 1 is 0.545 bits per heavy atom. The van der Waals surface area contributed by atoms with Crippen LogP contribution in [0, 0.1) is 0 Å². The average Bonchev–Trinajstić information content (AvgIpc) is 2.94. The minimum Gasteiger partial charge on any atom is -0.396 e. The van der Waals surface area contributed by atoms with E-state index in [4.69, 9.17) is 0 Å². The minimum atomic E-state index is 0.0925. The number of hydrogen-bond donors (Lipinski definition) is 1. The van der Waals surface area contributed by atoms with Crippen LogP contribution < -0.4 is 9.80 Å². The van der Waals surface area contributed by atoms with Gasteiger partial charge < -0.3 is 23.9 Å². The van der Waals surface area contributed by atoms with Crippen LogP contribution in [0.2, 0.25) is 0 Å². The van der Waals surface area contributed by atoms with Gasteiger partial charge in [-0.25, -0.2) is 0 Å². The Morgan fingerprint density at radius 3 is 1.32 bits per heavy atom. The van der Waals surface area contributed by atoms with Gasteiger partial charge in [0, 0.05) is 26.1 Å². The molecule has 248 valence electrons. The maximum atomic E-state index is 9.35. The van der Waals surface area contributed by atoms with E-state index in [9.17, 15) is 5.11 Å². The van der Waals surface area contributed by atoms with E-state index in [2.05, 4.69) is 123 Å². The van der Waals surface area contributed by atoms with Crippen LogP contribution in [-0.4, -0.2) is 88.1 Å². The fourth-order valence-electron chi connectivity index (χ4n) is 6.54. The Balaban J connectivity index is 1.96. The van der Waals surface area contributed by atoms with E-state index < -0.39 is 0 Å². The first-order valence-electron chi connectivity index (χ1n) is 17.6. The first kappa shape index (κ1) is 36.4. The third-order valence-electron chi connectivity index (χ3n) is 9.67. The van der Waals surface area contributed by atoms with E-state index in [-0.39, 0.29) is 17.4 Å². The molecule has 0 saturated carbocycles. The summed E-state index contributed by atoms with van der Waals surface area (Å²) in [6.45, 7) is 23.3. The van der Waals surface area contributed by atoms with E-state index in [0.29, 0.717) is 0 Å². The van der Waals surface area contributed by atoms with Gasteiger partial charge in [-0.2, -0.15) is 0 Å². The maximum Gasteiger partial charge on any atom is 0.0804 e. The number of benzene rings is 2. The SMILES string of the molecule is CCCC[N+](C)(C)CCCCN1c2ccc(C(C)(C)C)cc2N(CCCC[N+](C)(C)CCCO)c2cc(C(C)(C)C)ccc21. The van der Waals surface area contributed by atoms with Crippen LogP contribution in [0.5, 0.6) is 0 Å². The number of aliphatic hydroxyl groups is 1. The molecule has 44 heavy (non-hydrogen) atoms. The van der Waals surface area contributed by atoms with Crippen molar-refractivity contribution in [2.75, 3.05) is 83.9 Å². The van der Waals surface area contributed by atoms with Crippen LogP contribution >= 0.6 is 0 Å². The number of hydrogen-bond acceptors (Lipinski definition) is 3. The van der Waals surface area contributed by atoms with Gasteiger partial charge >= 0.3 is 0 Å². The molecular weight excluding hydrogens is 540 g/mol. The number of quaternary nitrogens is 2. The predicted octanol–water partition coefficient (Wildman–Crippen LogP) is 8.77. The predicted molar refractivity (Wildman–Crippen MR) is 193 cm³/mol. The molecule has 0 atom stereocenters. The summed E-state index contributed by atoms with van der Waals surface area (Å²) in [5, 5.41) is 9.35. The molecule has 0 fully saturated rings. The molecule has 0 unspecified atom stereocenters. The number of unbranched alkanes of at least 4 members (excludes halogenated alkanes) is 3. The highest BCUT2D eigenvalue weighted by molar-refractivity contribution is 5.94. The summed E-state index contributed by atoms with van der Waals surface area (Å²) in [5.41, 5.74) is 8.42. The average molecular weight is 609 g/mol. The molecule has 0 amide bonds. The van der Waals surface area contributed by atoms with E-state index in [0.717, 1.165) is 48.0 Å². The van der Waals surface area contributed by atoms with Gasteiger partial charge in [0.15, 0.2) is 0 Å². The van der Waals surface area contributed by atoms with Crippen molar-refractivity contribution >= 4 is 22.7 Å². The highest BCUT2D eigenvalue weighted by Gasteiger charge is 2.31. The fourth-order valence-corrected chi connectivity index (χ4v) is 6.54. The Labute approximate surface area is 272 Å². The Morgan fingerprint density at radius 2 is 0.932 bits per heavy atom. The normalized spacial score (nSPS) is 14.2. The molecule has 1 aliphatic heterocycles. The van der Waals surface area contributed by atoms with Crippen molar-refractivity contribution in [3.8, 4) is 0 Å².